The van der Waals surface area contributed by atoms with Crippen molar-refractivity contribution in [2.45, 2.75) is 13.2 Å². The van der Waals surface area contributed by atoms with E-state index >= 15 is 0 Å². The summed E-state index contributed by atoms with van der Waals surface area (Å²) in [7, 11) is 0. The van der Waals surface area contributed by atoms with Gasteiger partial charge < -0.3 is 43.7 Å². The van der Waals surface area contributed by atoms with E-state index in [-0.39, 0.29) is 13.2 Å². The minimum Gasteiger partial charge on any atom is -0.481 e. The van der Waals surface area contributed by atoms with E-state index in [1.165, 1.54) is 0 Å². The summed E-state index contributed by atoms with van der Waals surface area (Å²) in [4.78, 5) is 9.00. The average Bonchev–Trinajstić information content (AvgIpc) is 2.71. The molecule has 1 atom stereocenters. The van der Waals surface area contributed by atoms with Gasteiger partial charge in [0.2, 0.25) is 6.29 Å². The minimum atomic E-state index is -1.00. The van der Waals surface area contributed by atoms with Gasteiger partial charge in [0.05, 0.1) is 66.1 Å². The van der Waals surface area contributed by atoms with Crippen LogP contribution in [0.1, 0.15) is 6.92 Å². The van der Waals surface area contributed by atoms with Gasteiger partial charge in [-0.25, -0.2) is 0 Å². The lowest BCUT2D eigenvalue weighted by atomic mass is 10.3. The van der Waals surface area contributed by atoms with Crippen molar-refractivity contribution >= 4 is 5.97 Å². The minimum absolute atomic E-state index is 0.0240. The Morgan fingerprint density at radius 1 is 0.800 bits per heavy atom. The van der Waals surface area contributed by atoms with Crippen molar-refractivity contribution in [2.24, 2.45) is 0 Å². The van der Waals surface area contributed by atoms with Crippen LogP contribution in [0.3, 0.4) is 0 Å². The van der Waals surface area contributed by atoms with Crippen molar-refractivity contribution < 1.29 is 48.5 Å². The molecular formula is C20H34O10. The maximum Gasteiger partial charge on any atom is 0.300 e. The number of para-hydroxylation sites is 1. The zero-order valence-electron chi connectivity index (χ0n) is 17.4. The number of hydrogen-bond acceptors (Lipinski definition) is 9. The summed E-state index contributed by atoms with van der Waals surface area (Å²) in [5.41, 5.74) is 0. The zero-order chi connectivity index (χ0) is 22.3. The second-order valence-electron chi connectivity index (χ2n) is 5.65. The summed E-state index contributed by atoms with van der Waals surface area (Å²) < 4.78 is 31.6. The van der Waals surface area contributed by atoms with Crippen molar-refractivity contribution in [1.82, 2.24) is 0 Å². The van der Waals surface area contributed by atoms with Gasteiger partial charge in [0.25, 0.3) is 5.97 Å². The number of rotatable bonds is 18. The second kappa shape index (κ2) is 21.9. The van der Waals surface area contributed by atoms with Crippen molar-refractivity contribution in [2.75, 3.05) is 72.7 Å². The molecule has 0 aliphatic heterocycles. The van der Waals surface area contributed by atoms with Crippen LogP contribution >= 0.6 is 0 Å². The van der Waals surface area contributed by atoms with Crippen molar-refractivity contribution in [3.63, 3.8) is 0 Å². The lowest BCUT2D eigenvalue weighted by Gasteiger charge is -2.13. The van der Waals surface area contributed by atoms with Gasteiger partial charge >= 0.3 is 0 Å². The molecule has 10 nitrogen and oxygen atoms in total. The predicted molar refractivity (Wildman–Crippen MR) is 108 cm³/mol. The molecule has 0 fully saturated rings. The number of hydrogen-bond donors (Lipinski definition) is 3. The first-order valence-electron chi connectivity index (χ1n) is 9.65. The van der Waals surface area contributed by atoms with Crippen LogP contribution in [0.2, 0.25) is 0 Å². The average molecular weight is 434 g/mol. The van der Waals surface area contributed by atoms with Gasteiger partial charge in [-0.15, -0.1) is 0 Å². The van der Waals surface area contributed by atoms with Crippen LogP contribution in [0.5, 0.6) is 5.75 Å². The smallest absolute Gasteiger partial charge is 0.300 e. The van der Waals surface area contributed by atoms with Gasteiger partial charge in [-0.1, -0.05) is 18.2 Å². The van der Waals surface area contributed by atoms with Crippen molar-refractivity contribution in [3.8, 4) is 5.75 Å². The third kappa shape index (κ3) is 22.5. The predicted octanol–water partition coefficient (Wildman–Crippen LogP) is 0.550. The fourth-order valence-electron chi connectivity index (χ4n) is 1.82. The van der Waals surface area contributed by atoms with Crippen LogP contribution in [0.25, 0.3) is 0 Å². The highest BCUT2D eigenvalue weighted by molar-refractivity contribution is 5.62. The van der Waals surface area contributed by atoms with E-state index in [2.05, 4.69) is 0 Å². The van der Waals surface area contributed by atoms with E-state index < -0.39 is 12.3 Å². The maximum atomic E-state index is 9.67. The highest BCUT2D eigenvalue weighted by Crippen LogP contribution is 2.09. The molecule has 0 saturated heterocycles. The topological polar surface area (TPSA) is 133 Å². The third-order valence-corrected chi connectivity index (χ3v) is 3.00. The highest BCUT2D eigenvalue weighted by Gasteiger charge is 2.05. The zero-order valence-corrected chi connectivity index (χ0v) is 17.4. The number of benzene rings is 1. The summed E-state index contributed by atoms with van der Waals surface area (Å²) in [5, 5.41) is 25.6. The summed E-state index contributed by atoms with van der Waals surface area (Å²) in [6.45, 7) is 5.17. The number of aliphatic carboxylic acids is 1. The van der Waals surface area contributed by atoms with Crippen molar-refractivity contribution in [1.29, 1.82) is 0 Å². The molecule has 0 spiro atoms. The molecule has 1 aromatic rings. The van der Waals surface area contributed by atoms with Gasteiger partial charge in [-0.3, -0.25) is 4.79 Å². The standard InChI is InChI=1S/C18H30O8.C2H4O2/c19-6-7-21-8-9-22-10-11-23-12-13-24-14-15-25-16-18(20)26-17-4-2-1-3-5-17;1-2(3)4/h1-5,18-20H,6-16H2;1H3,(H,3,4). The van der Waals surface area contributed by atoms with Crippen LogP contribution in [0, 0.1) is 0 Å². The van der Waals surface area contributed by atoms with Gasteiger partial charge in [0, 0.05) is 6.92 Å². The van der Waals surface area contributed by atoms with Crippen molar-refractivity contribution in [3.05, 3.63) is 30.3 Å². The van der Waals surface area contributed by atoms with E-state index in [1.54, 1.807) is 12.1 Å². The summed E-state index contributed by atoms with van der Waals surface area (Å²) in [6.07, 6.45) is -1.00. The molecule has 0 bridgehead atoms. The SMILES string of the molecule is CC(=O)O.OCCOCCOCCOCCOCCOCC(O)Oc1ccccc1. The van der Waals surface area contributed by atoms with E-state index in [0.717, 1.165) is 6.92 Å². The molecule has 0 heterocycles. The molecule has 0 amide bonds. The Kier molecular flexibility index (Phi) is 20.6. The third-order valence-electron chi connectivity index (χ3n) is 3.00. The number of aliphatic hydroxyl groups excluding tert-OH is 2. The molecular weight excluding hydrogens is 400 g/mol. The van der Waals surface area contributed by atoms with Gasteiger partial charge in [0.15, 0.2) is 0 Å². The molecule has 1 unspecified atom stereocenters. The Morgan fingerprint density at radius 3 is 1.63 bits per heavy atom. The number of ether oxygens (including phenoxy) is 6. The van der Waals surface area contributed by atoms with E-state index in [9.17, 15) is 5.11 Å². The Morgan fingerprint density at radius 2 is 1.20 bits per heavy atom. The number of aliphatic hydroxyl groups is 2. The molecule has 0 saturated carbocycles. The number of carboxylic acid groups (broad SMARTS) is 1. The maximum absolute atomic E-state index is 9.67. The Hall–Kier alpha value is -1.79. The molecule has 0 radical (unpaired) electrons. The molecule has 30 heavy (non-hydrogen) atoms. The Balaban J connectivity index is 0.00000192. The van der Waals surface area contributed by atoms with Crippen LogP contribution in [0.15, 0.2) is 30.3 Å². The molecule has 0 aliphatic carbocycles. The van der Waals surface area contributed by atoms with Crippen LogP contribution < -0.4 is 4.74 Å². The van der Waals surface area contributed by atoms with Crippen LogP contribution in [-0.2, 0) is 28.5 Å². The largest absolute Gasteiger partial charge is 0.481 e. The van der Waals surface area contributed by atoms with Gasteiger partial charge in [-0.05, 0) is 12.1 Å². The summed E-state index contributed by atoms with van der Waals surface area (Å²) in [5.74, 6) is -0.237. The summed E-state index contributed by atoms with van der Waals surface area (Å²) >= 11 is 0. The quantitative estimate of drug-likeness (QED) is 0.222. The molecule has 3 N–H and O–H groups in total. The lowest BCUT2D eigenvalue weighted by Crippen LogP contribution is -2.23. The Bertz CT molecular complexity index is 482. The first-order chi connectivity index (χ1) is 14.6. The Labute approximate surface area is 177 Å². The van der Waals surface area contributed by atoms with E-state index in [4.69, 9.17) is 43.4 Å². The van der Waals surface area contributed by atoms with Gasteiger partial charge in [0.1, 0.15) is 12.4 Å². The lowest BCUT2D eigenvalue weighted by molar-refractivity contribution is -0.134. The van der Waals surface area contributed by atoms with Gasteiger partial charge in [-0.2, -0.15) is 0 Å². The fourth-order valence-corrected chi connectivity index (χ4v) is 1.82. The van der Waals surface area contributed by atoms with Crippen LogP contribution in [0.4, 0.5) is 0 Å². The number of carboxylic acids is 1. The molecule has 10 heteroatoms. The first kappa shape index (κ1) is 28.2. The number of carbonyl (C=O) groups is 1. The monoisotopic (exact) mass is 434 g/mol. The van der Waals surface area contributed by atoms with Crippen LogP contribution in [-0.4, -0.2) is 100 Å². The molecule has 1 rings (SSSR count). The first-order valence-corrected chi connectivity index (χ1v) is 9.65. The normalized spacial score (nSPS) is 11.4. The van der Waals surface area contributed by atoms with E-state index in [0.29, 0.717) is 65.2 Å². The highest BCUT2D eigenvalue weighted by atomic mass is 16.6. The fraction of sp³-hybridized carbons (Fsp3) is 0.650. The molecule has 0 aromatic heterocycles. The molecule has 174 valence electrons. The molecule has 1 aromatic carbocycles. The summed E-state index contributed by atoms with van der Waals surface area (Å²) in [6, 6.07) is 9.07. The second-order valence-corrected chi connectivity index (χ2v) is 5.65. The molecule has 0 aliphatic rings. The van der Waals surface area contributed by atoms with E-state index in [1.807, 2.05) is 18.2 Å².